The molecule has 112 valence electrons. The Morgan fingerprint density at radius 3 is 2.80 bits per heavy atom. The van der Waals surface area contributed by atoms with Crippen molar-refractivity contribution in [3.8, 4) is 0 Å². The Labute approximate surface area is 124 Å². The second-order valence-corrected chi connectivity index (χ2v) is 5.81. The molecule has 1 aromatic heterocycles. The van der Waals surface area contributed by atoms with Crippen LogP contribution < -0.4 is 5.32 Å². The Kier molecular flexibility index (Phi) is 4.39. The monoisotopic (exact) mass is 299 g/mol. The Balaban J connectivity index is 2.26. The van der Waals surface area contributed by atoms with E-state index in [4.69, 9.17) is 16.3 Å². The molecule has 0 spiro atoms. The maximum Gasteiger partial charge on any atom is 0.326 e. The average molecular weight is 300 g/mol. The number of nitrogens with one attached hydrogen (secondary N) is 1. The van der Waals surface area contributed by atoms with Gasteiger partial charge in [0.2, 0.25) is 0 Å². The molecule has 6 heteroatoms. The van der Waals surface area contributed by atoms with Gasteiger partial charge in [-0.25, -0.2) is 0 Å². The fourth-order valence-corrected chi connectivity index (χ4v) is 3.30. The van der Waals surface area contributed by atoms with Crippen LogP contribution in [0, 0.1) is 13.8 Å². The molecule has 2 atom stereocenters. The molecule has 0 amide bonds. The summed E-state index contributed by atoms with van der Waals surface area (Å²) >= 11 is 6.21. The molecule has 1 fully saturated rings. The van der Waals surface area contributed by atoms with Gasteiger partial charge in [-0.2, -0.15) is 5.10 Å². The average Bonchev–Trinajstić information content (AvgIpc) is 2.96. The maximum absolute atomic E-state index is 12.1. The van der Waals surface area contributed by atoms with Gasteiger partial charge < -0.3 is 10.1 Å². The van der Waals surface area contributed by atoms with Crippen molar-refractivity contribution in [1.82, 2.24) is 15.1 Å². The lowest BCUT2D eigenvalue weighted by Gasteiger charge is -2.27. The summed E-state index contributed by atoms with van der Waals surface area (Å²) in [6.45, 7) is 6.60. The van der Waals surface area contributed by atoms with E-state index in [2.05, 4.69) is 10.4 Å². The summed E-state index contributed by atoms with van der Waals surface area (Å²) in [4.78, 5) is 12.1. The quantitative estimate of drug-likeness (QED) is 0.868. The normalized spacial score (nSPS) is 25.9. The summed E-state index contributed by atoms with van der Waals surface area (Å²) in [5.41, 5.74) is 1.21. The van der Waals surface area contributed by atoms with Crippen LogP contribution in [0.3, 0.4) is 0 Å². The zero-order valence-electron chi connectivity index (χ0n) is 12.5. The molecule has 0 aromatic carbocycles. The van der Waals surface area contributed by atoms with Crippen LogP contribution in [0.2, 0.25) is 5.02 Å². The molecule has 0 aliphatic heterocycles. The van der Waals surface area contributed by atoms with Crippen LogP contribution in [0.1, 0.15) is 43.6 Å². The van der Waals surface area contributed by atoms with E-state index in [9.17, 15) is 4.79 Å². The molecule has 0 bridgehead atoms. The SMILES string of the molecule is CCNC1(C(=O)OC)CCC(n2nc(C)c(Cl)c2C)C1. The van der Waals surface area contributed by atoms with E-state index < -0.39 is 5.54 Å². The van der Waals surface area contributed by atoms with Crippen molar-refractivity contribution in [2.75, 3.05) is 13.7 Å². The molecule has 2 rings (SSSR count). The highest BCUT2D eigenvalue weighted by molar-refractivity contribution is 6.31. The second kappa shape index (κ2) is 5.74. The van der Waals surface area contributed by atoms with E-state index in [1.54, 1.807) is 0 Å². The van der Waals surface area contributed by atoms with E-state index in [0.717, 1.165) is 30.8 Å². The highest BCUT2D eigenvalue weighted by atomic mass is 35.5. The van der Waals surface area contributed by atoms with Crippen LogP contribution in [-0.2, 0) is 9.53 Å². The van der Waals surface area contributed by atoms with Crippen molar-refractivity contribution in [3.05, 3.63) is 16.4 Å². The molecule has 1 aromatic rings. The minimum absolute atomic E-state index is 0.180. The van der Waals surface area contributed by atoms with Crippen molar-refractivity contribution >= 4 is 17.6 Å². The summed E-state index contributed by atoms with van der Waals surface area (Å²) in [6.07, 6.45) is 2.33. The van der Waals surface area contributed by atoms with Gasteiger partial charge in [0.05, 0.1) is 29.6 Å². The number of esters is 1. The third-order valence-electron chi connectivity index (χ3n) is 4.16. The summed E-state index contributed by atoms with van der Waals surface area (Å²) < 4.78 is 6.93. The topological polar surface area (TPSA) is 56.1 Å². The molecular weight excluding hydrogens is 278 g/mol. The van der Waals surface area contributed by atoms with Crippen LogP contribution in [0.4, 0.5) is 0 Å². The van der Waals surface area contributed by atoms with Crippen LogP contribution in [0.5, 0.6) is 0 Å². The molecule has 0 saturated heterocycles. The summed E-state index contributed by atoms with van der Waals surface area (Å²) in [7, 11) is 1.44. The van der Waals surface area contributed by atoms with Crippen molar-refractivity contribution < 1.29 is 9.53 Å². The van der Waals surface area contributed by atoms with Crippen LogP contribution in [0.25, 0.3) is 0 Å². The lowest BCUT2D eigenvalue weighted by Crippen LogP contribution is -2.50. The number of aryl methyl sites for hydroxylation is 1. The maximum atomic E-state index is 12.1. The van der Waals surface area contributed by atoms with Crippen molar-refractivity contribution in [2.45, 2.75) is 51.6 Å². The van der Waals surface area contributed by atoms with Gasteiger partial charge in [-0.15, -0.1) is 0 Å². The van der Waals surface area contributed by atoms with E-state index in [1.165, 1.54) is 7.11 Å². The second-order valence-electron chi connectivity index (χ2n) is 5.43. The predicted molar refractivity (Wildman–Crippen MR) is 78.0 cm³/mol. The van der Waals surface area contributed by atoms with Gasteiger partial charge in [-0.3, -0.25) is 9.48 Å². The number of nitrogens with zero attached hydrogens (tertiary/aromatic N) is 2. The smallest absolute Gasteiger partial charge is 0.326 e. The number of ether oxygens (including phenoxy) is 1. The largest absolute Gasteiger partial charge is 0.468 e. The number of rotatable bonds is 4. The number of aromatic nitrogens is 2. The Hall–Kier alpha value is -1.07. The zero-order valence-corrected chi connectivity index (χ0v) is 13.3. The van der Waals surface area contributed by atoms with E-state index in [1.807, 2.05) is 25.5 Å². The number of carbonyl (C=O) groups is 1. The molecule has 1 saturated carbocycles. The van der Waals surface area contributed by atoms with Gasteiger partial charge in [0.1, 0.15) is 5.54 Å². The molecule has 1 aliphatic carbocycles. The first-order valence-corrected chi connectivity index (χ1v) is 7.37. The highest BCUT2D eigenvalue weighted by Crippen LogP contribution is 2.40. The lowest BCUT2D eigenvalue weighted by atomic mass is 9.97. The number of hydrogen-bond acceptors (Lipinski definition) is 4. The lowest BCUT2D eigenvalue weighted by molar-refractivity contribution is -0.148. The van der Waals surface area contributed by atoms with Gasteiger partial charge in [0.25, 0.3) is 0 Å². The fourth-order valence-electron chi connectivity index (χ4n) is 3.18. The fraction of sp³-hybridized carbons (Fsp3) is 0.714. The Morgan fingerprint density at radius 1 is 1.60 bits per heavy atom. The van der Waals surface area contributed by atoms with Crippen LogP contribution >= 0.6 is 11.6 Å². The first-order chi connectivity index (χ1) is 9.45. The summed E-state index contributed by atoms with van der Waals surface area (Å²) in [5.74, 6) is -0.186. The molecular formula is C14H22ClN3O2. The van der Waals surface area contributed by atoms with Crippen molar-refractivity contribution in [3.63, 3.8) is 0 Å². The third-order valence-corrected chi connectivity index (χ3v) is 4.71. The van der Waals surface area contributed by atoms with E-state index in [-0.39, 0.29) is 12.0 Å². The molecule has 1 N–H and O–H groups in total. The molecule has 1 aliphatic rings. The molecule has 5 nitrogen and oxygen atoms in total. The Morgan fingerprint density at radius 2 is 2.30 bits per heavy atom. The predicted octanol–water partition coefficient (Wildman–Crippen LogP) is 2.40. The third kappa shape index (κ3) is 2.44. The summed E-state index contributed by atoms with van der Waals surface area (Å²) in [5, 5.41) is 8.52. The number of carbonyl (C=O) groups excluding carboxylic acids is 1. The molecule has 1 heterocycles. The first kappa shape index (κ1) is 15.3. The number of methoxy groups -OCH3 is 1. The van der Waals surface area contributed by atoms with Crippen LogP contribution in [0.15, 0.2) is 0 Å². The zero-order chi connectivity index (χ0) is 14.9. The molecule has 20 heavy (non-hydrogen) atoms. The number of halogens is 1. The van der Waals surface area contributed by atoms with Crippen molar-refractivity contribution in [2.24, 2.45) is 0 Å². The van der Waals surface area contributed by atoms with Crippen molar-refractivity contribution in [1.29, 1.82) is 0 Å². The first-order valence-electron chi connectivity index (χ1n) is 7.00. The van der Waals surface area contributed by atoms with Gasteiger partial charge in [0.15, 0.2) is 0 Å². The highest BCUT2D eigenvalue weighted by Gasteiger charge is 2.46. The summed E-state index contributed by atoms with van der Waals surface area (Å²) in [6, 6.07) is 0.180. The standard InChI is InChI=1S/C14H22ClN3O2/c1-5-16-14(13(19)20-4)7-6-11(8-14)18-10(3)12(15)9(2)17-18/h11,16H,5-8H2,1-4H3. The number of likely N-dealkylation sites (N-methyl/N-ethyl adjacent to an activating group) is 1. The minimum Gasteiger partial charge on any atom is -0.468 e. The van der Waals surface area contributed by atoms with Gasteiger partial charge in [-0.05, 0) is 39.7 Å². The Bertz CT molecular complexity index is 515. The van der Waals surface area contributed by atoms with E-state index in [0.29, 0.717) is 11.4 Å². The van der Waals surface area contributed by atoms with Gasteiger partial charge >= 0.3 is 5.97 Å². The minimum atomic E-state index is -0.590. The molecule has 0 radical (unpaired) electrons. The molecule has 2 unspecified atom stereocenters. The van der Waals surface area contributed by atoms with Gasteiger partial charge in [-0.1, -0.05) is 18.5 Å². The van der Waals surface area contributed by atoms with E-state index >= 15 is 0 Å². The number of hydrogen-bond donors (Lipinski definition) is 1. The van der Waals surface area contributed by atoms with Gasteiger partial charge in [0, 0.05) is 0 Å². The van der Waals surface area contributed by atoms with Crippen LogP contribution in [-0.4, -0.2) is 34.9 Å².